The van der Waals surface area contributed by atoms with Gasteiger partial charge in [0.2, 0.25) is 0 Å². The SMILES string of the molecule is CC(C)CNCC(C)(O)Cc1ccc(F)cc1Cl. The first-order valence-electron chi connectivity index (χ1n) is 6.17. The molecule has 2 N–H and O–H groups in total. The Balaban J connectivity index is 2.58. The van der Waals surface area contributed by atoms with Crippen LogP contribution in [0.4, 0.5) is 4.39 Å². The Morgan fingerprint density at radius 1 is 1.44 bits per heavy atom. The Morgan fingerprint density at radius 3 is 2.67 bits per heavy atom. The van der Waals surface area contributed by atoms with Gasteiger partial charge in [0.05, 0.1) is 5.60 Å². The van der Waals surface area contributed by atoms with E-state index in [1.165, 1.54) is 12.1 Å². The van der Waals surface area contributed by atoms with Crippen LogP contribution < -0.4 is 5.32 Å². The molecular weight excluding hydrogens is 253 g/mol. The molecule has 0 aliphatic rings. The fourth-order valence-electron chi connectivity index (χ4n) is 1.77. The standard InChI is InChI=1S/C14H21ClFNO/c1-10(2)8-17-9-14(3,18)7-11-4-5-12(16)6-13(11)15/h4-6,10,17-18H,7-9H2,1-3H3. The highest BCUT2D eigenvalue weighted by Crippen LogP contribution is 2.22. The molecule has 0 aliphatic heterocycles. The average molecular weight is 274 g/mol. The van der Waals surface area contributed by atoms with Gasteiger partial charge in [0.1, 0.15) is 5.82 Å². The number of benzene rings is 1. The van der Waals surface area contributed by atoms with Crippen LogP contribution in [-0.4, -0.2) is 23.8 Å². The van der Waals surface area contributed by atoms with Gasteiger partial charge in [0, 0.05) is 18.0 Å². The van der Waals surface area contributed by atoms with E-state index in [0.717, 1.165) is 12.1 Å². The van der Waals surface area contributed by atoms with Crippen LogP contribution in [0.5, 0.6) is 0 Å². The first-order valence-corrected chi connectivity index (χ1v) is 6.55. The van der Waals surface area contributed by atoms with Gasteiger partial charge in [0.15, 0.2) is 0 Å². The molecule has 0 amide bonds. The van der Waals surface area contributed by atoms with Crippen LogP contribution in [0, 0.1) is 11.7 Å². The Labute approximate surface area is 113 Å². The zero-order valence-electron chi connectivity index (χ0n) is 11.1. The number of halogens is 2. The molecule has 1 aromatic rings. The van der Waals surface area contributed by atoms with E-state index in [-0.39, 0.29) is 5.82 Å². The highest BCUT2D eigenvalue weighted by molar-refractivity contribution is 6.31. The quantitative estimate of drug-likeness (QED) is 0.835. The van der Waals surface area contributed by atoms with Crippen molar-refractivity contribution in [1.82, 2.24) is 5.32 Å². The number of aliphatic hydroxyl groups is 1. The molecule has 1 aromatic carbocycles. The summed E-state index contributed by atoms with van der Waals surface area (Å²) in [6, 6.07) is 4.25. The maximum Gasteiger partial charge on any atom is 0.124 e. The number of hydrogen-bond donors (Lipinski definition) is 2. The third kappa shape index (κ3) is 5.34. The van der Waals surface area contributed by atoms with Gasteiger partial charge in [-0.1, -0.05) is 31.5 Å². The minimum Gasteiger partial charge on any atom is -0.389 e. The van der Waals surface area contributed by atoms with E-state index in [0.29, 0.717) is 23.9 Å². The Kier molecular flexibility index (Phi) is 5.57. The van der Waals surface area contributed by atoms with E-state index in [1.54, 1.807) is 13.0 Å². The highest BCUT2D eigenvalue weighted by atomic mass is 35.5. The van der Waals surface area contributed by atoms with E-state index in [1.807, 2.05) is 0 Å². The van der Waals surface area contributed by atoms with Gasteiger partial charge in [-0.15, -0.1) is 0 Å². The molecule has 0 saturated carbocycles. The summed E-state index contributed by atoms with van der Waals surface area (Å²) in [5.41, 5.74) is -0.134. The molecule has 0 bridgehead atoms. The van der Waals surface area contributed by atoms with Crippen LogP contribution in [-0.2, 0) is 6.42 Å². The molecule has 0 radical (unpaired) electrons. The molecule has 1 rings (SSSR count). The lowest BCUT2D eigenvalue weighted by molar-refractivity contribution is 0.0596. The Morgan fingerprint density at radius 2 is 2.11 bits per heavy atom. The molecule has 4 heteroatoms. The lowest BCUT2D eigenvalue weighted by Gasteiger charge is -2.25. The second kappa shape index (κ2) is 6.50. The molecule has 0 fully saturated rings. The lowest BCUT2D eigenvalue weighted by atomic mass is 9.96. The fraction of sp³-hybridized carbons (Fsp3) is 0.571. The van der Waals surface area contributed by atoms with Crippen molar-refractivity contribution in [1.29, 1.82) is 0 Å². The smallest absolute Gasteiger partial charge is 0.124 e. The molecule has 0 heterocycles. The minimum atomic E-state index is -0.893. The minimum absolute atomic E-state index is 0.360. The summed E-state index contributed by atoms with van der Waals surface area (Å²) in [6.07, 6.45) is 0.400. The molecule has 0 aliphatic carbocycles. The summed E-state index contributed by atoms with van der Waals surface area (Å²) in [5.74, 6) is 0.177. The van der Waals surface area contributed by atoms with E-state index < -0.39 is 5.60 Å². The van der Waals surface area contributed by atoms with Crippen molar-refractivity contribution in [2.45, 2.75) is 32.8 Å². The predicted octanol–water partition coefficient (Wildman–Crippen LogP) is 3.02. The van der Waals surface area contributed by atoms with Crippen LogP contribution in [0.25, 0.3) is 0 Å². The third-order valence-corrected chi connectivity index (χ3v) is 3.00. The summed E-state index contributed by atoms with van der Waals surface area (Å²) in [7, 11) is 0. The van der Waals surface area contributed by atoms with E-state index in [4.69, 9.17) is 11.6 Å². The van der Waals surface area contributed by atoms with Crippen molar-refractivity contribution < 1.29 is 9.50 Å². The van der Waals surface area contributed by atoms with Gasteiger partial charge in [0.25, 0.3) is 0 Å². The summed E-state index contributed by atoms with van der Waals surface area (Å²) < 4.78 is 12.9. The zero-order chi connectivity index (χ0) is 13.8. The molecular formula is C14H21ClFNO. The van der Waals surface area contributed by atoms with Crippen molar-refractivity contribution >= 4 is 11.6 Å². The van der Waals surface area contributed by atoms with Crippen molar-refractivity contribution in [3.05, 3.63) is 34.6 Å². The van der Waals surface area contributed by atoms with E-state index >= 15 is 0 Å². The van der Waals surface area contributed by atoms with Crippen molar-refractivity contribution in [3.8, 4) is 0 Å². The molecule has 1 atom stereocenters. The van der Waals surface area contributed by atoms with Crippen molar-refractivity contribution in [2.75, 3.05) is 13.1 Å². The first kappa shape index (κ1) is 15.4. The normalized spacial score (nSPS) is 14.8. The predicted molar refractivity (Wildman–Crippen MR) is 73.4 cm³/mol. The lowest BCUT2D eigenvalue weighted by Crippen LogP contribution is -2.41. The highest BCUT2D eigenvalue weighted by Gasteiger charge is 2.22. The molecule has 0 aromatic heterocycles. The molecule has 102 valence electrons. The summed E-state index contributed by atoms with van der Waals surface area (Å²) >= 11 is 5.95. The van der Waals surface area contributed by atoms with Gasteiger partial charge < -0.3 is 10.4 Å². The molecule has 18 heavy (non-hydrogen) atoms. The van der Waals surface area contributed by atoms with Crippen LogP contribution in [0.3, 0.4) is 0 Å². The van der Waals surface area contributed by atoms with Gasteiger partial charge in [-0.25, -0.2) is 4.39 Å². The maximum atomic E-state index is 12.9. The fourth-order valence-corrected chi connectivity index (χ4v) is 2.00. The van der Waals surface area contributed by atoms with Crippen LogP contribution >= 0.6 is 11.6 Å². The summed E-state index contributed by atoms with van der Waals surface area (Å²) in [5, 5.41) is 13.8. The third-order valence-electron chi connectivity index (χ3n) is 2.64. The monoisotopic (exact) mass is 273 g/mol. The number of rotatable bonds is 6. The first-order chi connectivity index (χ1) is 8.30. The van der Waals surface area contributed by atoms with Gasteiger partial charge >= 0.3 is 0 Å². The number of nitrogens with one attached hydrogen (secondary N) is 1. The average Bonchev–Trinajstić information content (AvgIpc) is 2.21. The largest absolute Gasteiger partial charge is 0.389 e. The molecule has 2 nitrogen and oxygen atoms in total. The van der Waals surface area contributed by atoms with E-state index in [2.05, 4.69) is 19.2 Å². The van der Waals surface area contributed by atoms with Crippen LogP contribution in [0.15, 0.2) is 18.2 Å². The van der Waals surface area contributed by atoms with Crippen molar-refractivity contribution in [2.24, 2.45) is 5.92 Å². The Hall–Kier alpha value is -0.640. The van der Waals surface area contributed by atoms with Crippen molar-refractivity contribution in [3.63, 3.8) is 0 Å². The van der Waals surface area contributed by atoms with Crippen LogP contribution in [0.1, 0.15) is 26.3 Å². The second-order valence-corrected chi connectivity index (χ2v) is 5.84. The summed E-state index contributed by atoms with van der Waals surface area (Å²) in [6.45, 7) is 7.31. The van der Waals surface area contributed by atoms with Gasteiger partial charge in [-0.3, -0.25) is 0 Å². The molecule has 1 unspecified atom stereocenters. The topological polar surface area (TPSA) is 32.3 Å². The Bertz CT molecular complexity index is 393. The maximum absolute atomic E-state index is 12.9. The zero-order valence-corrected chi connectivity index (χ0v) is 11.9. The summed E-state index contributed by atoms with van der Waals surface area (Å²) in [4.78, 5) is 0. The molecule has 0 spiro atoms. The van der Waals surface area contributed by atoms with Crippen LogP contribution in [0.2, 0.25) is 5.02 Å². The van der Waals surface area contributed by atoms with Gasteiger partial charge in [-0.05, 0) is 37.1 Å². The van der Waals surface area contributed by atoms with E-state index in [9.17, 15) is 9.50 Å². The van der Waals surface area contributed by atoms with Gasteiger partial charge in [-0.2, -0.15) is 0 Å². The molecule has 0 saturated heterocycles. The number of hydrogen-bond acceptors (Lipinski definition) is 2. The second-order valence-electron chi connectivity index (χ2n) is 5.43.